The van der Waals surface area contributed by atoms with Crippen LogP contribution in [0.1, 0.15) is 85.5 Å². The second-order valence-electron chi connectivity index (χ2n) is 12.0. The molecule has 2 fully saturated rings. The molecular weight excluding hydrogens is 640 g/mol. The second kappa shape index (κ2) is 19.5. The number of alkyl carbamates (subject to hydrolysis) is 1. The highest BCUT2D eigenvalue weighted by atomic mass is 16.7. The van der Waals surface area contributed by atoms with Gasteiger partial charge in [0.2, 0.25) is 11.8 Å². The van der Waals surface area contributed by atoms with Crippen LogP contribution in [0.5, 0.6) is 0 Å². The van der Waals surface area contributed by atoms with E-state index in [1.807, 2.05) is 5.32 Å². The Morgan fingerprint density at radius 2 is 1.69 bits per heavy atom. The number of imide groups is 4. The van der Waals surface area contributed by atoms with Crippen LogP contribution >= 0.6 is 0 Å². The molecule has 5 amide bonds. The van der Waals surface area contributed by atoms with Gasteiger partial charge in [-0.25, -0.2) is 14.5 Å². The maximum absolute atomic E-state index is 12.9. The number of allylic oxidation sites excluding steroid dienone is 3. The first-order valence-corrected chi connectivity index (χ1v) is 16.6. The summed E-state index contributed by atoms with van der Waals surface area (Å²) in [5.41, 5.74) is 0.564. The molecule has 14 nitrogen and oxygen atoms in total. The van der Waals surface area contributed by atoms with E-state index in [1.54, 1.807) is 19.1 Å². The molecule has 0 spiro atoms. The van der Waals surface area contributed by atoms with Crippen LogP contribution in [0.2, 0.25) is 0 Å². The average molecular weight is 687 g/mol. The molecule has 0 unspecified atom stereocenters. The van der Waals surface area contributed by atoms with Crippen LogP contribution in [0.25, 0.3) is 0 Å². The van der Waals surface area contributed by atoms with E-state index < -0.39 is 72.3 Å². The van der Waals surface area contributed by atoms with E-state index in [0.29, 0.717) is 36.2 Å². The van der Waals surface area contributed by atoms with E-state index in [9.17, 15) is 33.6 Å². The summed E-state index contributed by atoms with van der Waals surface area (Å²) in [6.07, 6.45) is 9.73. The van der Waals surface area contributed by atoms with Crippen molar-refractivity contribution in [1.29, 1.82) is 0 Å². The number of cyclic esters (lactones) is 1. The fourth-order valence-electron chi connectivity index (χ4n) is 5.24. The molecule has 49 heavy (non-hydrogen) atoms. The van der Waals surface area contributed by atoms with Gasteiger partial charge in [0, 0.05) is 38.5 Å². The van der Waals surface area contributed by atoms with Crippen LogP contribution < -0.4 is 5.32 Å². The Morgan fingerprint density at radius 3 is 2.41 bits per heavy atom. The number of carbonyl (C=O) groups excluding carboxylic acids is 7. The van der Waals surface area contributed by atoms with Gasteiger partial charge in [-0.3, -0.25) is 29.3 Å². The molecule has 14 heteroatoms. The number of nitrogens with one attached hydrogen (secondary N) is 1. The van der Waals surface area contributed by atoms with Gasteiger partial charge in [-0.2, -0.15) is 0 Å². The van der Waals surface area contributed by atoms with Crippen LogP contribution in [0.15, 0.2) is 48.1 Å². The molecule has 0 radical (unpaired) electrons. The molecular formula is C35H46N2O12. The third-order valence-electron chi connectivity index (χ3n) is 7.82. The van der Waals surface area contributed by atoms with Gasteiger partial charge in [0.1, 0.15) is 18.3 Å². The highest BCUT2D eigenvalue weighted by Crippen LogP contribution is 2.39. The lowest BCUT2D eigenvalue weighted by Gasteiger charge is -2.24. The van der Waals surface area contributed by atoms with Crippen molar-refractivity contribution in [2.24, 2.45) is 0 Å². The zero-order valence-electron chi connectivity index (χ0n) is 28.4. The van der Waals surface area contributed by atoms with Crippen molar-refractivity contribution in [1.82, 2.24) is 10.2 Å². The van der Waals surface area contributed by atoms with Crippen molar-refractivity contribution in [2.75, 3.05) is 6.61 Å². The average Bonchev–Trinajstić information content (AvgIpc) is 3.95. The Labute approximate surface area is 285 Å². The van der Waals surface area contributed by atoms with Crippen LogP contribution in [-0.2, 0) is 52.5 Å². The lowest BCUT2D eigenvalue weighted by atomic mass is 10.00. The summed E-state index contributed by atoms with van der Waals surface area (Å²) in [7, 11) is 0. The first-order valence-electron chi connectivity index (χ1n) is 16.6. The highest BCUT2D eigenvalue weighted by Gasteiger charge is 2.58. The quantitative estimate of drug-likeness (QED) is 0.0785. The number of ether oxygens (including phenoxy) is 5. The molecule has 0 aromatic carbocycles. The highest BCUT2D eigenvalue weighted by molar-refractivity contribution is 6.16. The molecule has 268 valence electrons. The van der Waals surface area contributed by atoms with Crippen molar-refractivity contribution in [3.8, 4) is 0 Å². The van der Waals surface area contributed by atoms with Crippen molar-refractivity contribution in [3.63, 3.8) is 0 Å². The smallest absolute Gasteiger partial charge is 0.414 e. The Hall–Kier alpha value is -4.43. The zero-order chi connectivity index (χ0) is 35.9. The normalized spacial score (nSPS) is 28.3. The first-order chi connectivity index (χ1) is 23.4. The predicted molar refractivity (Wildman–Crippen MR) is 173 cm³/mol. The number of nitrogens with zero attached hydrogens (tertiary/aromatic N) is 1. The Morgan fingerprint density at radius 1 is 0.959 bits per heavy atom. The molecule has 0 saturated carbocycles. The van der Waals surface area contributed by atoms with Crippen LogP contribution in [0, 0.1) is 0 Å². The summed E-state index contributed by atoms with van der Waals surface area (Å²) in [5, 5.41) is 2.04. The Kier molecular flexibility index (Phi) is 15.6. The fraction of sp³-hybridized carbons (Fsp3) is 0.571. The molecule has 3 heterocycles. The number of esters is 2. The van der Waals surface area contributed by atoms with Crippen molar-refractivity contribution in [3.05, 3.63) is 48.1 Å². The molecule has 0 bridgehead atoms. The maximum Gasteiger partial charge on any atom is 0.414 e. The second-order valence-corrected chi connectivity index (χ2v) is 12.0. The van der Waals surface area contributed by atoms with Crippen molar-refractivity contribution >= 4 is 41.7 Å². The number of carbonyl (C=O) groups is 7. The van der Waals surface area contributed by atoms with E-state index in [0.717, 1.165) is 58.1 Å². The minimum Gasteiger partial charge on any atom is -0.465 e. The van der Waals surface area contributed by atoms with E-state index in [2.05, 4.69) is 6.92 Å². The standard InChI is InChI=1S/C35H46N2O12/c1-5-6-7-8-9-16-29(42)45-20-13-12-14-25-31(46-25)33-34(49-35(44)36-23(3)38)32-26(47-32)19-18-22(2)21-28(41)37(24(4)39)27(40)15-10-11-17-30(43)48-33/h10-12,14-15,17,21,25-26,31-34H,5-9,13,16,18-20H2,1-4H3,(H,36,38,44)/b14-12+,15-10+,17-11-,22-21-/t25-,26+,31-,32-,33-,34+/m1/s1. The first kappa shape index (κ1) is 39.0. The number of epoxide rings is 2. The molecule has 3 rings (SSSR count). The third-order valence-corrected chi connectivity index (χ3v) is 7.82. The molecule has 3 aliphatic rings. The number of rotatable bonds is 12. The summed E-state index contributed by atoms with van der Waals surface area (Å²) < 4.78 is 28.2. The van der Waals surface area contributed by atoms with Gasteiger partial charge in [0.25, 0.3) is 11.8 Å². The van der Waals surface area contributed by atoms with E-state index in [1.165, 1.54) is 18.2 Å². The molecule has 1 N–H and O–H groups in total. The van der Waals surface area contributed by atoms with E-state index >= 15 is 0 Å². The SMILES string of the molecule is CCCCCCCC(=O)OCC/C=C/[C@H]1O[C@H]1[C@H]1OC(=O)/C=C\C=C\C(=O)N(C(C)=O)C(=O)/C=C(/C)CC[C@@H]2O[C@H]2[C@@H]1OC(=O)NC(C)=O. The molecule has 6 atom stereocenters. The van der Waals surface area contributed by atoms with Gasteiger partial charge >= 0.3 is 18.0 Å². The van der Waals surface area contributed by atoms with E-state index in [-0.39, 0.29) is 12.6 Å². The van der Waals surface area contributed by atoms with Crippen molar-refractivity contribution < 1.29 is 57.2 Å². The summed E-state index contributed by atoms with van der Waals surface area (Å²) in [5.74, 6) is -4.27. The maximum atomic E-state index is 12.9. The molecule has 3 aliphatic heterocycles. The molecule has 2 saturated heterocycles. The largest absolute Gasteiger partial charge is 0.465 e. The minimum absolute atomic E-state index is 0.194. The summed E-state index contributed by atoms with van der Waals surface area (Å²) in [6, 6.07) is 0. The zero-order valence-corrected chi connectivity index (χ0v) is 28.4. The summed E-state index contributed by atoms with van der Waals surface area (Å²) in [6.45, 7) is 6.21. The third kappa shape index (κ3) is 13.5. The number of hydrogen-bond donors (Lipinski definition) is 1. The topological polar surface area (TPSA) is 188 Å². The van der Waals surface area contributed by atoms with Crippen LogP contribution in [-0.4, -0.2) is 89.8 Å². The van der Waals surface area contributed by atoms with Gasteiger partial charge in [-0.1, -0.05) is 62.5 Å². The van der Waals surface area contributed by atoms with Gasteiger partial charge in [-0.05, 0) is 32.6 Å². The van der Waals surface area contributed by atoms with Gasteiger partial charge in [0.15, 0.2) is 12.2 Å². The number of amides is 5. The Balaban J connectivity index is 1.74. The lowest BCUT2D eigenvalue weighted by molar-refractivity contribution is -0.152. The predicted octanol–water partition coefficient (Wildman–Crippen LogP) is 3.68. The Bertz CT molecular complexity index is 1370. The number of fused-ring (bicyclic) bond motifs is 1. The monoisotopic (exact) mass is 686 g/mol. The van der Waals surface area contributed by atoms with Crippen LogP contribution in [0.3, 0.4) is 0 Å². The lowest BCUT2D eigenvalue weighted by Crippen LogP contribution is -2.46. The number of unbranched alkanes of at least 4 members (excludes halogenated alkanes) is 4. The van der Waals surface area contributed by atoms with Crippen LogP contribution in [0.4, 0.5) is 4.79 Å². The van der Waals surface area contributed by atoms with Gasteiger partial charge in [0.05, 0.1) is 12.7 Å². The van der Waals surface area contributed by atoms with Gasteiger partial charge in [-0.15, -0.1) is 0 Å². The van der Waals surface area contributed by atoms with E-state index in [4.69, 9.17) is 23.7 Å². The summed E-state index contributed by atoms with van der Waals surface area (Å²) in [4.78, 5) is 86.8. The summed E-state index contributed by atoms with van der Waals surface area (Å²) >= 11 is 0. The molecule has 0 aliphatic carbocycles. The number of hydrogen-bond acceptors (Lipinski definition) is 12. The van der Waals surface area contributed by atoms with Gasteiger partial charge < -0.3 is 23.7 Å². The van der Waals surface area contributed by atoms with Crippen molar-refractivity contribution in [2.45, 2.75) is 122 Å². The molecule has 0 aromatic rings. The fourth-order valence-corrected chi connectivity index (χ4v) is 5.24. The molecule has 0 aromatic heterocycles. The minimum atomic E-state index is -1.18.